The highest BCUT2D eigenvalue weighted by atomic mass is 16.5. The van der Waals surface area contributed by atoms with Gasteiger partial charge in [0.25, 0.3) is 11.8 Å². The van der Waals surface area contributed by atoms with Crippen molar-refractivity contribution in [1.82, 2.24) is 15.2 Å². The minimum absolute atomic E-state index is 0.167. The average Bonchev–Trinajstić information content (AvgIpc) is 3.21. The van der Waals surface area contributed by atoms with E-state index in [2.05, 4.69) is 10.3 Å². The standard InChI is InChI=1S/C13H17N3O3/c1-14-12(17)9-6-10(13(18)16(2)3)15-7-11(9)19-8-4-5-8/h6-8H,4-5H2,1-3H3,(H,14,17). The molecule has 19 heavy (non-hydrogen) atoms. The van der Waals surface area contributed by atoms with Crippen LogP contribution in [-0.2, 0) is 0 Å². The number of pyridine rings is 1. The maximum Gasteiger partial charge on any atom is 0.271 e. The summed E-state index contributed by atoms with van der Waals surface area (Å²) in [6, 6.07) is 1.47. The number of hydrogen-bond donors (Lipinski definition) is 1. The molecule has 1 fully saturated rings. The minimum Gasteiger partial charge on any atom is -0.488 e. The highest BCUT2D eigenvalue weighted by Gasteiger charge is 2.26. The van der Waals surface area contributed by atoms with Crippen LogP contribution >= 0.6 is 0 Å². The molecular weight excluding hydrogens is 246 g/mol. The molecule has 1 aliphatic rings. The largest absolute Gasteiger partial charge is 0.488 e. The van der Waals surface area contributed by atoms with Crippen molar-refractivity contribution in [3.63, 3.8) is 0 Å². The van der Waals surface area contributed by atoms with E-state index in [1.165, 1.54) is 24.2 Å². The van der Waals surface area contributed by atoms with Gasteiger partial charge in [0.15, 0.2) is 5.75 Å². The number of carbonyl (C=O) groups is 2. The van der Waals surface area contributed by atoms with E-state index in [0.29, 0.717) is 11.3 Å². The Balaban J connectivity index is 2.34. The predicted molar refractivity (Wildman–Crippen MR) is 69.3 cm³/mol. The molecule has 6 nitrogen and oxygen atoms in total. The number of carbonyl (C=O) groups excluding carboxylic acids is 2. The topological polar surface area (TPSA) is 71.5 Å². The number of amides is 2. The Labute approximate surface area is 111 Å². The van der Waals surface area contributed by atoms with Gasteiger partial charge in [-0.05, 0) is 18.9 Å². The van der Waals surface area contributed by atoms with Crippen molar-refractivity contribution < 1.29 is 14.3 Å². The first-order chi connectivity index (χ1) is 9.02. The van der Waals surface area contributed by atoms with Crippen molar-refractivity contribution in [2.45, 2.75) is 18.9 Å². The molecule has 2 amide bonds. The number of nitrogens with one attached hydrogen (secondary N) is 1. The Morgan fingerprint density at radius 3 is 2.63 bits per heavy atom. The van der Waals surface area contributed by atoms with Crippen LogP contribution in [0.5, 0.6) is 5.75 Å². The van der Waals surface area contributed by atoms with Crippen molar-refractivity contribution in [2.24, 2.45) is 0 Å². The van der Waals surface area contributed by atoms with Crippen LogP contribution in [-0.4, -0.2) is 48.9 Å². The molecular formula is C13H17N3O3. The molecule has 0 bridgehead atoms. The van der Waals surface area contributed by atoms with E-state index < -0.39 is 0 Å². The lowest BCUT2D eigenvalue weighted by molar-refractivity contribution is 0.0822. The van der Waals surface area contributed by atoms with E-state index in [9.17, 15) is 9.59 Å². The van der Waals surface area contributed by atoms with Crippen molar-refractivity contribution in [2.75, 3.05) is 21.1 Å². The van der Waals surface area contributed by atoms with Gasteiger partial charge in [0.05, 0.1) is 17.9 Å². The Kier molecular flexibility index (Phi) is 3.69. The Morgan fingerprint density at radius 2 is 2.11 bits per heavy atom. The van der Waals surface area contributed by atoms with E-state index in [-0.39, 0.29) is 23.6 Å². The Morgan fingerprint density at radius 1 is 1.42 bits per heavy atom. The second-order valence-corrected chi connectivity index (χ2v) is 4.66. The third-order valence-corrected chi connectivity index (χ3v) is 2.78. The number of aromatic nitrogens is 1. The average molecular weight is 263 g/mol. The maximum absolute atomic E-state index is 11.8. The summed E-state index contributed by atoms with van der Waals surface area (Å²) in [4.78, 5) is 29.2. The highest BCUT2D eigenvalue weighted by Crippen LogP contribution is 2.29. The summed E-state index contributed by atoms with van der Waals surface area (Å²) in [6.45, 7) is 0. The maximum atomic E-state index is 11.8. The molecule has 1 aliphatic carbocycles. The first kappa shape index (κ1) is 13.3. The van der Waals surface area contributed by atoms with Crippen LogP contribution in [0.25, 0.3) is 0 Å². The van der Waals surface area contributed by atoms with Gasteiger partial charge in [0.2, 0.25) is 0 Å². The van der Waals surface area contributed by atoms with Crippen LogP contribution in [0.1, 0.15) is 33.7 Å². The van der Waals surface area contributed by atoms with Crippen LogP contribution in [0.15, 0.2) is 12.3 Å². The van der Waals surface area contributed by atoms with E-state index in [1.54, 1.807) is 14.1 Å². The van der Waals surface area contributed by atoms with Gasteiger partial charge in [-0.3, -0.25) is 9.59 Å². The van der Waals surface area contributed by atoms with E-state index in [0.717, 1.165) is 12.8 Å². The SMILES string of the molecule is CNC(=O)c1cc(C(=O)N(C)C)ncc1OC1CC1. The van der Waals surface area contributed by atoms with Crippen LogP contribution in [0.4, 0.5) is 0 Å². The lowest BCUT2D eigenvalue weighted by Crippen LogP contribution is -2.25. The molecule has 1 aromatic heterocycles. The molecule has 0 saturated heterocycles. The third-order valence-electron chi connectivity index (χ3n) is 2.78. The molecule has 0 atom stereocenters. The molecule has 0 aliphatic heterocycles. The molecule has 0 spiro atoms. The molecule has 1 N–H and O–H groups in total. The Hall–Kier alpha value is -2.11. The van der Waals surface area contributed by atoms with Gasteiger partial charge in [-0.1, -0.05) is 0 Å². The van der Waals surface area contributed by atoms with E-state index in [4.69, 9.17) is 4.74 Å². The van der Waals surface area contributed by atoms with Gasteiger partial charge >= 0.3 is 0 Å². The van der Waals surface area contributed by atoms with Crippen molar-refractivity contribution in [3.05, 3.63) is 23.5 Å². The fraction of sp³-hybridized carbons (Fsp3) is 0.462. The third kappa shape index (κ3) is 3.01. The molecule has 2 rings (SSSR count). The quantitative estimate of drug-likeness (QED) is 0.867. The van der Waals surface area contributed by atoms with Gasteiger partial charge in [0, 0.05) is 21.1 Å². The van der Waals surface area contributed by atoms with E-state index >= 15 is 0 Å². The summed E-state index contributed by atoms with van der Waals surface area (Å²) in [5, 5.41) is 2.54. The normalized spacial score (nSPS) is 13.8. The lowest BCUT2D eigenvalue weighted by Gasteiger charge is -2.13. The first-order valence-electron chi connectivity index (χ1n) is 6.13. The summed E-state index contributed by atoms with van der Waals surface area (Å²) in [5.41, 5.74) is 0.571. The zero-order valence-electron chi connectivity index (χ0n) is 11.3. The summed E-state index contributed by atoms with van der Waals surface area (Å²) in [6.07, 6.45) is 3.59. The highest BCUT2D eigenvalue weighted by molar-refractivity contribution is 6.00. The fourth-order valence-electron chi connectivity index (χ4n) is 1.56. The number of ether oxygens (including phenoxy) is 1. The number of hydrogen-bond acceptors (Lipinski definition) is 4. The van der Waals surface area contributed by atoms with Crippen LogP contribution in [0.3, 0.4) is 0 Å². The molecule has 0 unspecified atom stereocenters. The van der Waals surface area contributed by atoms with Crippen LogP contribution < -0.4 is 10.1 Å². The summed E-state index contributed by atoms with van der Waals surface area (Å²) >= 11 is 0. The van der Waals surface area contributed by atoms with Crippen molar-refractivity contribution in [1.29, 1.82) is 0 Å². The summed E-state index contributed by atoms with van der Waals surface area (Å²) in [7, 11) is 4.81. The predicted octanol–water partition coefficient (Wildman–Crippen LogP) is 0.684. The zero-order valence-corrected chi connectivity index (χ0v) is 11.3. The molecule has 102 valence electrons. The van der Waals surface area contributed by atoms with Gasteiger partial charge in [-0.25, -0.2) is 4.98 Å². The smallest absolute Gasteiger partial charge is 0.271 e. The van der Waals surface area contributed by atoms with E-state index in [1.807, 2.05) is 0 Å². The van der Waals surface area contributed by atoms with Gasteiger partial charge in [0.1, 0.15) is 5.69 Å². The summed E-state index contributed by atoms with van der Waals surface area (Å²) in [5.74, 6) is -0.105. The molecule has 1 aromatic rings. The zero-order chi connectivity index (χ0) is 14.0. The Bertz CT molecular complexity index is 510. The van der Waals surface area contributed by atoms with Crippen LogP contribution in [0, 0.1) is 0 Å². The van der Waals surface area contributed by atoms with Gasteiger partial charge < -0.3 is 15.0 Å². The molecule has 6 heteroatoms. The van der Waals surface area contributed by atoms with Gasteiger partial charge in [-0.2, -0.15) is 0 Å². The molecule has 0 aromatic carbocycles. The van der Waals surface area contributed by atoms with Crippen molar-refractivity contribution >= 4 is 11.8 Å². The second-order valence-electron chi connectivity index (χ2n) is 4.66. The van der Waals surface area contributed by atoms with Crippen LogP contribution in [0.2, 0.25) is 0 Å². The van der Waals surface area contributed by atoms with Crippen molar-refractivity contribution in [3.8, 4) is 5.75 Å². The molecule has 1 heterocycles. The molecule has 0 radical (unpaired) electrons. The minimum atomic E-state index is -0.286. The summed E-state index contributed by atoms with van der Waals surface area (Å²) < 4.78 is 5.63. The number of nitrogens with zero attached hydrogens (tertiary/aromatic N) is 2. The first-order valence-corrected chi connectivity index (χ1v) is 6.13. The molecule has 1 saturated carbocycles. The number of rotatable bonds is 4. The van der Waals surface area contributed by atoms with Gasteiger partial charge in [-0.15, -0.1) is 0 Å². The fourth-order valence-corrected chi connectivity index (χ4v) is 1.56. The monoisotopic (exact) mass is 263 g/mol. The lowest BCUT2D eigenvalue weighted by atomic mass is 10.2. The second kappa shape index (κ2) is 5.26.